The molecule has 0 N–H and O–H groups in total. The van der Waals surface area contributed by atoms with Gasteiger partial charge in [-0.15, -0.1) is 0 Å². The molecule has 1 aromatic heterocycles. The summed E-state index contributed by atoms with van der Waals surface area (Å²) in [6, 6.07) is 20.1. The van der Waals surface area contributed by atoms with Crippen LogP contribution >= 0.6 is 0 Å². The van der Waals surface area contributed by atoms with E-state index < -0.39 is 0 Å². The minimum absolute atomic E-state index is 0.0805. The molecule has 4 rings (SSSR count). The number of non-ortho nitro benzene ring substituents is 1. The Bertz CT molecular complexity index is 920. The maximum absolute atomic E-state index is 11.1. The summed E-state index contributed by atoms with van der Waals surface area (Å²) in [6.07, 6.45) is 2.23. The van der Waals surface area contributed by atoms with Crippen molar-refractivity contribution in [2.75, 3.05) is 5.01 Å². The summed E-state index contributed by atoms with van der Waals surface area (Å²) < 4.78 is 5.48. The molecule has 0 saturated carbocycles. The summed E-state index contributed by atoms with van der Waals surface area (Å²) in [5.41, 5.74) is 2.69. The highest BCUT2D eigenvalue weighted by molar-refractivity contribution is 6.01. The largest absolute Gasteiger partial charge is 0.463 e. The molecule has 0 fully saturated rings. The number of benzene rings is 2. The highest BCUT2D eigenvalue weighted by Crippen LogP contribution is 2.37. The Morgan fingerprint density at radius 3 is 2.64 bits per heavy atom. The number of hydrogen-bond donors (Lipinski definition) is 0. The van der Waals surface area contributed by atoms with Crippen LogP contribution in [0.15, 0.2) is 82.5 Å². The lowest BCUT2D eigenvalue weighted by Gasteiger charge is -2.23. The van der Waals surface area contributed by atoms with E-state index in [1.54, 1.807) is 18.4 Å². The molecule has 0 bridgehead atoms. The molecule has 3 aromatic rings. The molecular formula is C19H15N3O3. The third kappa shape index (κ3) is 2.89. The zero-order valence-electron chi connectivity index (χ0n) is 13.3. The standard InChI is InChI=1S/C19H15N3O3/c23-22(24)16-9-4-6-14(12-16)18-13-17(19-10-5-11-25-19)20-21(18)15-7-2-1-3-8-15/h1-12,18H,13H2. The fraction of sp³-hybridized carbons (Fsp3) is 0.105. The van der Waals surface area contributed by atoms with Gasteiger partial charge >= 0.3 is 0 Å². The van der Waals surface area contributed by atoms with Gasteiger partial charge in [0, 0.05) is 18.6 Å². The van der Waals surface area contributed by atoms with Crippen molar-refractivity contribution in [3.63, 3.8) is 0 Å². The summed E-state index contributed by atoms with van der Waals surface area (Å²) in [5.74, 6) is 0.717. The fourth-order valence-corrected chi connectivity index (χ4v) is 3.03. The van der Waals surface area contributed by atoms with Crippen molar-refractivity contribution >= 4 is 17.1 Å². The lowest BCUT2D eigenvalue weighted by molar-refractivity contribution is -0.384. The molecule has 6 nitrogen and oxygen atoms in total. The second-order valence-corrected chi connectivity index (χ2v) is 5.78. The topological polar surface area (TPSA) is 71.9 Å². The molecule has 6 heteroatoms. The maximum atomic E-state index is 11.1. The predicted octanol–water partition coefficient (Wildman–Crippen LogP) is 4.54. The molecule has 0 spiro atoms. The number of para-hydroxylation sites is 1. The molecule has 0 radical (unpaired) electrons. The second-order valence-electron chi connectivity index (χ2n) is 5.78. The molecule has 2 aromatic carbocycles. The number of furan rings is 1. The van der Waals surface area contributed by atoms with Crippen molar-refractivity contribution in [2.24, 2.45) is 5.10 Å². The van der Waals surface area contributed by atoms with E-state index >= 15 is 0 Å². The van der Waals surface area contributed by atoms with Crippen molar-refractivity contribution < 1.29 is 9.34 Å². The highest BCUT2D eigenvalue weighted by atomic mass is 16.6. The molecule has 0 aliphatic carbocycles. The van der Waals surface area contributed by atoms with Gasteiger partial charge in [-0.3, -0.25) is 15.1 Å². The summed E-state index contributed by atoms with van der Waals surface area (Å²) in [4.78, 5) is 10.7. The van der Waals surface area contributed by atoms with E-state index in [1.165, 1.54) is 6.07 Å². The number of anilines is 1. The van der Waals surface area contributed by atoms with Crippen molar-refractivity contribution in [2.45, 2.75) is 12.5 Å². The summed E-state index contributed by atoms with van der Waals surface area (Å²) in [7, 11) is 0. The van der Waals surface area contributed by atoms with Crippen LogP contribution in [0, 0.1) is 10.1 Å². The molecular weight excluding hydrogens is 318 g/mol. The Morgan fingerprint density at radius 2 is 1.92 bits per heavy atom. The van der Waals surface area contributed by atoms with Crippen LogP contribution in [0.2, 0.25) is 0 Å². The van der Waals surface area contributed by atoms with Gasteiger partial charge in [0.1, 0.15) is 11.5 Å². The normalized spacial score (nSPS) is 16.7. The summed E-state index contributed by atoms with van der Waals surface area (Å²) >= 11 is 0. The van der Waals surface area contributed by atoms with Gasteiger partial charge in [-0.1, -0.05) is 30.3 Å². The lowest BCUT2D eigenvalue weighted by Crippen LogP contribution is -2.18. The minimum Gasteiger partial charge on any atom is -0.463 e. The first-order valence-corrected chi connectivity index (χ1v) is 7.92. The van der Waals surface area contributed by atoms with Crippen LogP contribution in [0.5, 0.6) is 0 Å². The van der Waals surface area contributed by atoms with Gasteiger partial charge in [-0.25, -0.2) is 0 Å². The van der Waals surface area contributed by atoms with Crippen LogP contribution in [0.1, 0.15) is 23.8 Å². The first-order chi connectivity index (χ1) is 12.2. The van der Waals surface area contributed by atoms with Crippen LogP contribution in [-0.2, 0) is 0 Å². The molecule has 1 atom stereocenters. The Morgan fingerprint density at radius 1 is 1.08 bits per heavy atom. The maximum Gasteiger partial charge on any atom is 0.269 e. The van der Waals surface area contributed by atoms with Crippen LogP contribution in [-0.4, -0.2) is 10.6 Å². The quantitative estimate of drug-likeness (QED) is 0.519. The molecule has 1 unspecified atom stereocenters. The second kappa shape index (κ2) is 6.24. The van der Waals surface area contributed by atoms with Gasteiger partial charge < -0.3 is 4.42 Å². The van der Waals surface area contributed by atoms with E-state index in [9.17, 15) is 10.1 Å². The smallest absolute Gasteiger partial charge is 0.269 e. The molecule has 25 heavy (non-hydrogen) atoms. The molecule has 0 saturated heterocycles. The van der Waals surface area contributed by atoms with Crippen LogP contribution in [0.3, 0.4) is 0 Å². The first kappa shape index (κ1) is 15.1. The zero-order chi connectivity index (χ0) is 17.2. The minimum atomic E-state index is -0.375. The number of nitrogens with zero attached hydrogens (tertiary/aromatic N) is 3. The van der Waals surface area contributed by atoms with E-state index in [0.717, 1.165) is 17.0 Å². The van der Waals surface area contributed by atoms with Crippen LogP contribution in [0.25, 0.3) is 0 Å². The van der Waals surface area contributed by atoms with Gasteiger partial charge in [0.15, 0.2) is 0 Å². The Labute approximate surface area is 144 Å². The van der Waals surface area contributed by atoms with E-state index in [-0.39, 0.29) is 16.7 Å². The summed E-state index contributed by atoms with van der Waals surface area (Å²) in [5, 5.41) is 17.7. The number of hydrogen-bond acceptors (Lipinski definition) is 5. The number of nitro groups is 1. The third-order valence-corrected chi connectivity index (χ3v) is 4.20. The molecule has 0 amide bonds. The Kier molecular flexibility index (Phi) is 3.78. The van der Waals surface area contributed by atoms with Gasteiger partial charge in [0.25, 0.3) is 5.69 Å². The fourth-order valence-electron chi connectivity index (χ4n) is 3.03. The van der Waals surface area contributed by atoms with Gasteiger partial charge in [0.2, 0.25) is 0 Å². The predicted molar refractivity (Wildman–Crippen MR) is 94.6 cm³/mol. The van der Waals surface area contributed by atoms with E-state index in [1.807, 2.05) is 53.5 Å². The number of nitro benzene ring substituents is 1. The van der Waals surface area contributed by atoms with Gasteiger partial charge in [-0.05, 0) is 29.8 Å². The van der Waals surface area contributed by atoms with E-state index in [0.29, 0.717) is 12.2 Å². The van der Waals surface area contributed by atoms with Crippen molar-refractivity contribution in [3.8, 4) is 0 Å². The first-order valence-electron chi connectivity index (χ1n) is 7.92. The number of hydrazone groups is 1. The monoisotopic (exact) mass is 333 g/mol. The van der Waals surface area contributed by atoms with Crippen LogP contribution < -0.4 is 5.01 Å². The third-order valence-electron chi connectivity index (χ3n) is 4.20. The molecule has 1 aliphatic rings. The SMILES string of the molecule is O=[N+]([O-])c1cccc(C2CC(c3ccco3)=NN2c2ccccc2)c1. The molecule has 1 aliphatic heterocycles. The average molecular weight is 333 g/mol. The zero-order valence-corrected chi connectivity index (χ0v) is 13.3. The van der Waals surface area contributed by atoms with Crippen molar-refractivity contribution in [3.05, 3.63) is 94.4 Å². The van der Waals surface area contributed by atoms with Gasteiger partial charge in [0.05, 0.1) is 22.9 Å². The van der Waals surface area contributed by atoms with Crippen LogP contribution in [0.4, 0.5) is 11.4 Å². The highest BCUT2D eigenvalue weighted by Gasteiger charge is 2.31. The van der Waals surface area contributed by atoms with Gasteiger partial charge in [-0.2, -0.15) is 5.10 Å². The number of rotatable bonds is 4. The Balaban J connectivity index is 1.76. The van der Waals surface area contributed by atoms with E-state index in [4.69, 9.17) is 9.52 Å². The Hall–Kier alpha value is -3.41. The molecule has 124 valence electrons. The molecule has 2 heterocycles. The van der Waals surface area contributed by atoms with E-state index in [2.05, 4.69) is 0 Å². The van der Waals surface area contributed by atoms with Crippen molar-refractivity contribution in [1.29, 1.82) is 0 Å². The average Bonchev–Trinajstić information content (AvgIpc) is 3.32. The summed E-state index contributed by atoms with van der Waals surface area (Å²) in [6.45, 7) is 0. The lowest BCUT2D eigenvalue weighted by atomic mass is 10.00. The van der Waals surface area contributed by atoms with Crippen molar-refractivity contribution in [1.82, 2.24) is 0 Å².